The third-order valence-corrected chi connectivity index (χ3v) is 2.20. The van der Waals surface area contributed by atoms with Gasteiger partial charge >= 0.3 is 0 Å². The zero-order valence-electron chi connectivity index (χ0n) is 9.66. The average Bonchev–Trinajstić information content (AvgIpc) is 2.27. The summed E-state index contributed by atoms with van der Waals surface area (Å²) < 4.78 is 15.9. The molecule has 0 radical (unpaired) electrons. The highest BCUT2D eigenvalue weighted by atomic mass is 35.5. The topological polar surface area (TPSA) is 27.7 Å². The van der Waals surface area contributed by atoms with E-state index in [2.05, 4.69) is 0 Å². The van der Waals surface area contributed by atoms with Crippen LogP contribution in [-0.4, -0.2) is 26.4 Å². The van der Waals surface area contributed by atoms with Crippen LogP contribution in [0.15, 0.2) is 18.2 Å². The maximum atomic E-state index is 6.03. The smallest absolute Gasteiger partial charge is 0.138 e. The molecule has 0 aromatic heterocycles. The van der Waals surface area contributed by atoms with E-state index < -0.39 is 0 Å². The van der Waals surface area contributed by atoms with Crippen LogP contribution in [0, 0.1) is 0 Å². The minimum Gasteiger partial charge on any atom is -0.494 e. The lowest BCUT2D eigenvalue weighted by atomic mass is 10.3. The summed E-state index contributed by atoms with van der Waals surface area (Å²) in [7, 11) is 0. The lowest BCUT2D eigenvalue weighted by Gasteiger charge is -2.09. The molecule has 0 aliphatic rings. The van der Waals surface area contributed by atoms with E-state index in [0.717, 1.165) is 5.75 Å². The predicted molar refractivity (Wildman–Crippen MR) is 64.6 cm³/mol. The lowest BCUT2D eigenvalue weighted by molar-refractivity contribution is 0.110. The van der Waals surface area contributed by atoms with E-state index >= 15 is 0 Å². The molecule has 4 heteroatoms. The van der Waals surface area contributed by atoms with Crippen LogP contribution in [0.25, 0.3) is 0 Å². The first-order valence-electron chi connectivity index (χ1n) is 5.40. The molecule has 0 heterocycles. The van der Waals surface area contributed by atoms with Gasteiger partial charge in [-0.05, 0) is 26.0 Å². The number of hydrogen-bond acceptors (Lipinski definition) is 3. The van der Waals surface area contributed by atoms with Crippen molar-refractivity contribution in [3.63, 3.8) is 0 Å². The van der Waals surface area contributed by atoms with Crippen molar-refractivity contribution in [1.82, 2.24) is 0 Å². The monoisotopic (exact) mass is 244 g/mol. The Kier molecular flexibility index (Phi) is 6.04. The summed E-state index contributed by atoms with van der Waals surface area (Å²) in [4.78, 5) is 0. The molecule has 1 rings (SSSR count). The predicted octanol–water partition coefficient (Wildman–Crippen LogP) is 3.15. The zero-order valence-corrected chi connectivity index (χ0v) is 10.4. The average molecular weight is 245 g/mol. The standard InChI is InChI=1S/C12H17ClO3/c1-3-14-7-8-16-12-6-5-10(15-4-2)9-11(12)13/h5-6,9H,3-4,7-8H2,1-2H3. The van der Waals surface area contributed by atoms with Gasteiger partial charge in [0.15, 0.2) is 0 Å². The minimum absolute atomic E-state index is 0.502. The van der Waals surface area contributed by atoms with Gasteiger partial charge in [-0.15, -0.1) is 0 Å². The minimum atomic E-state index is 0.502. The highest BCUT2D eigenvalue weighted by molar-refractivity contribution is 6.32. The summed E-state index contributed by atoms with van der Waals surface area (Å²) in [5.41, 5.74) is 0. The van der Waals surface area contributed by atoms with Gasteiger partial charge in [-0.3, -0.25) is 0 Å². The van der Waals surface area contributed by atoms with E-state index in [0.29, 0.717) is 37.2 Å². The Morgan fingerprint density at radius 2 is 1.88 bits per heavy atom. The molecule has 0 atom stereocenters. The first-order chi connectivity index (χ1) is 7.77. The molecular weight excluding hydrogens is 228 g/mol. The fraction of sp³-hybridized carbons (Fsp3) is 0.500. The van der Waals surface area contributed by atoms with Gasteiger partial charge in [-0.2, -0.15) is 0 Å². The molecule has 0 amide bonds. The molecule has 0 saturated heterocycles. The van der Waals surface area contributed by atoms with E-state index in [1.165, 1.54) is 0 Å². The van der Waals surface area contributed by atoms with Crippen LogP contribution in [0.1, 0.15) is 13.8 Å². The second-order valence-electron chi connectivity index (χ2n) is 3.07. The van der Waals surface area contributed by atoms with Crippen LogP contribution in [0.4, 0.5) is 0 Å². The Hall–Kier alpha value is -0.930. The van der Waals surface area contributed by atoms with Crippen LogP contribution in [-0.2, 0) is 4.74 Å². The third-order valence-electron chi connectivity index (χ3n) is 1.90. The zero-order chi connectivity index (χ0) is 11.8. The fourth-order valence-electron chi connectivity index (χ4n) is 1.21. The van der Waals surface area contributed by atoms with Crippen LogP contribution < -0.4 is 9.47 Å². The second-order valence-corrected chi connectivity index (χ2v) is 3.48. The van der Waals surface area contributed by atoms with Gasteiger partial charge < -0.3 is 14.2 Å². The van der Waals surface area contributed by atoms with Crippen LogP contribution in [0.5, 0.6) is 11.5 Å². The van der Waals surface area contributed by atoms with E-state index in [1.807, 2.05) is 19.9 Å². The van der Waals surface area contributed by atoms with E-state index in [-0.39, 0.29) is 0 Å². The second kappa shape index (κ2) is 7.36. The molecule has 3 nitrogen and oxygen atoms in total. The maximum absolute atomic E-state index is 6.03. The number of hydrogen-bond donors (Lipinski definition) is 0. The normalized spacial score (nSPS) is 10.2. The van der Waals surface area contributed by atoms with Crippen LogP contribution in [0.2, 0.25) is 5.02 Å². The Morgan fingerprint density at radius 1 is 1.06 bits per heavy atom. The van der Waals surface area contributed by atoms with Gasteiger partial charge in [0, 0.05) is 12.7 Å². The summed E-state index contributed by atoms with van der Waals surface area (Å²) in [6.07, 6.45) is 0. The van der Waals surface area contributed by atoms with Crippen LogP contribution >= 0.6 is 11.6 Å². The number of ether oxygens (including phenoxy) is 3. The van der Waals surface area contributed by atoms with Gasteiger partial charge in [0.2, 0.25) is 0 Å². The number of rotatable bonds is 7. The summed E-state index contributed by atoms with van der Waals surface area (Å²) in [5.74, 6) is 1.41. The maximum Gasteiger partial charge on any atom is 0.138 e. The molecule has 0 saturated carbocycles. The summed E-state index contributed by atoms with van der Waals surface area (Å²) >= 11 is 6.03. The Balaban J connectivity index is 2.47. The number of benzene rings is 1. The Labute approximate surface area is 101 Å². The molecule has 0 aliphatic carbocycles. The van der Waals surface area contributed by atoms with E-state index in [4.69, 9.17) is 25.8 Å². The van der Waals surface area contributed by atoms with Gasteiger partial charge in [0.1, 0.15) is 18.1 Å². The molecule has 1 aromatic rings. The summed E-state index contributed by atoms with van der Waals surface area (Å²) in [6.45, 7) is 6.27. The third kappa shape index (κ3) is 4.29. The van der Waals surface area contributed by atoms with E-state index in [1.54, 1.807) is 12.1 Å². The molecule has 1 aromatic carbocycles. The molecule has 0 fully saturated rings. The van der Waals surface area contributed by atoms with Crippen molar-refractivity contribution in [2.45, 2.75) is 13.8 Å². The Bertz CT molecular complexity index is 315. The molecule has 90 valence electrons. The lowest BCUT2D eigenvalue weighted by Crippen LogP contribution is -2.06. The fourth-order valence-corrected chi connectivity index (χ4v) is 1.44. The highest BCUT2D eigenvalue weighted by Crippen LogP contribution is 2.28. The van der Waals surface area contributed by atoms with Crippen molar-refractivity contribution < 1.29 is 14.2 Å². The quantitative estimate of drug-likeness (QED) is 0.690. The highest BCUT2D eigenvalue weighted by Gasteiger charge is 2.03. The van der Waals surface area contributed by atoms with Gasteiger partial charge in [0.25, 0.3) is 0 Å². The molecule has 0 bridgehead atoms. The molecule has 0 N–H and O–H groups in total. The largest absolute Gasteiger partial charge is 0.494 e. The van der Waals surface area contributed by atoms with Crippen molar-refractivity contribution in [3.8, 4) is 11.5 Å². The van der Waals surface area contributed by atoms with Crippen molar-refractivity contribution in [3.05, 3.63) is 23.2 Å². The van der Waals surface area contributed by atoms with Crippen LogP contribution in [0.3, 0.4) is 0 Å². The molecule has 0 spiro atoms. The summed E-state index contributed by atoms with van der Waals surface area (Å²) in [6, 6.07) is 5.39. The molecular formula is C12H17ClO3. The molecule has 0 unspecified atom stereocenters. The first-order valence-corrected chi connectivity index (χ1v) is 5.78. The van der Waals surface area contributed by atoms with Crippen molar-refractivity contribution in [2.75, 3.05) is 26.4 Å². The van der Waals surface area contributed by atoms with Crippen molar-refractivity contribution in [1.29, 1.82) is 0 Å². The Morgan fingerprint density at radius 3 is 2.50 bits per heavy atom. The van der Waals surface area contributed by atoms with E-state index in [9.17, 15) is 0 Å². The number of halogens is 1. The van der Waals surface area contributed by atoms with Gasteiger partial charge in [0.05, 0.1) is 18.2 Å². The van der Waals surface area contributed by atoms with Crippen molar-refractivity contribution in [2.24, 2.45) is 0 Å². The molecule has 0 aliphatic heterocycles. The van der Waals surface area contributed by atoms with Gasteiger partial charge in [-0.1, -0.05) is 11.6 Å². The van der Waals surface area contributed by atoms with Crippen molar-refractivity contribution >= 4 is 11.6 Å². The SMILES string of the molecule is CCOCCOc1ccc(OCC)cc1Cl. The van der Waals surface area contributed by atoms with Gasteiger partial charge in [-0.25, -0.2) is 0 Å². The molecule has 16 heavy (non-hydrogen) atoms. The summed E-state index contributed by atoms with van der Waals surface area (Å²) in [5, 5.41) is 0.558. The first kappa shape index (κ1) is 13.1.